The molecular formula is C14H15BrFNS. The van der Waals surface area contributed by atoms with Crippen LogP contribution in [-0.2, 0) is 5.33 Å². The van der Waals surface area contributed by atoms with Crippen LogP contribution in [0.4, 0.5) is 10.1 Å². The van der Waals surface area contributed by atoms with Gasteiger partial charge in [0, 0.05) is 22.9 Å². The maximum Gasteiger partial charge on any atom is 0.123 e. The number of benzene rings is 1. The molecule has 0 fully saturated rings. The average molecular weight is 328 g/mol. The van der Waals surface area contributed by atoms with E-state index in [9.17, 15) is 4.39 Å². The van der Waals surface area contributed by atoms with Crippen LogP contribution in [-0.4, -0.2) is 7.05 Å². The third-order valence-electron chi connectivity index (χ3n) is 3.10. The molecule has 0 aliphatic carbocycles. The van der Waals surface area contributed by atoms with E-state index in [0.717, 1.165) is 11.3 Å². The van der Waals surface area contributed by atoms with Gasteiger partial charge in [-0.2, -0.15) is 0 Å². The molecule has 18 heavy (non-hydrogen) atoms. The molecule has 0 N–H and O–H groups in total. The number of rotatable bonds is 4. The number of thiophene rings is 1. The lowest BCUT2D eigenvalue weighted by atomic mass is 10.1. The Morgan fingerprint density at radius 3 is 2.78 bits per heavy atom. The molecule has 4 heteroatoms. The highest BCUT2D eigenvalue weighted by atomic mass is 79.9. The summed E-state index contributed by atoms with van der Waals surface area (Å²) in [5, 5.41) is 2.73. The van der Waals surface area contributed by atoms with E-state index in [0.29, 0.717) is 5.33 Å². The number of hydrogen-bond donors (Lipinski definition) is 0. The van der Waals surface area contributed by atoms with Gasteiger partial charge < -0.3 is 4.90 Å². The minimum atomic E-state index is -0.189. The van der Waals surface area contributed by atoms with Gasteiger partial charge in [-0.15, -0.1) is 11.3 Å². The van der Waals surface area contributed by atoms with Crippen molar-refractivity contribution in [3.8, 4) is 0 Å². The average Bonchev–Trinajstić information content (AvgIpc) is 2.90. The van der Waals surface area contributed by atoms with E-state index in [1.165, 1.54) is 10.9 Å². The second-order valence-corrected chi connectivity index (χ2v) is 5.75. The second kappa shape index (κ2) is 5.85. The van der Waals surface area contributed by atoms with Crippen LogP contribution in [0.2, 0.25) is 0 Å². The van der Waals surface area contributed by atoms with Crippen molar-refractivity contribution in [2.45, 2.75) is 18.3 Å². The maximum absolute atomic E-state index is 13.2. The van der Waals surface area contributed by atoms with Gasteiger partial charge in [0.2, 0.25) is 0 Å². The lowest BCUT2D eigenvalue weighted by Crippen LogP contribution is -2.22. The van der Waals surface area contributed by atoms with Crippen molar-refractivity contribution >= 4 is 33.0 Å². The zero-order valence-corrected chi connectivity index (χ0v) is 12.8. The van der Waals surface area contributed by atoms with Crippen molar-refractivity contribution in [1.29, 1.82) is 0 Å². The molecule has 0 spiro atoms. The van der Waals surface area contributed by atoms with Crippen molar-refractivity contribution < 1.29 is 4.39 Å². The van der Waals surface area contributed by atoms with Crippen LogP contribution >= 0.6 is 27.3 Å². The molecule has 0 radical (unpaired) electrons. The summed E-state index contributed by atoms with van der Waals surface area (Å²) in [7, 11) is 2.05. The van der Waals surface area contributed by atoms with Crippen LogP contribution in [0, 0.1) is 5.82 Å². The lowest BCUT2D eigenvalue weighted by molar-refractivity contribution is 0.625. The second-order valence-electron chi connectivity index (χ2n) is 4.21. The SMILES string of the molecule is CC(c1cccs1)N(C)c1ccc(F)cc1CBr. The first-order valence-electron chi connectivity index (χ1n) is 5.74. The summed E-state index contributed by atoms with van der Waals surface area (Å²) in [5.74, 6) is -0.189. The number of nitrogens with zero attached hydrogens (tertiary/aromatic N) is 1. The van der Waals surface area contributed by atoms with E-state index >= 15 is 0 Å². The molecule has 1 aromatic carbocycles. The van der Waals surface area contributed by atoms with E-state index in [1.807, 2.05) is 13.1 Å². The Morgan fingerprint density at radius 1 is 1.39 bits per heavy atom. The van der Waals surface area contributed by atoms with Crippen molar-refractivity contribution in [1.82, 2.24) is 0 Å². The summed E-state index contributed by atoms with van der Waals surface area (Å²) in [6.07, 6.45) is 0. The van der Waals surface area contributed by atoms with E-state index in [1.54, 1.807) is 17.4 Å². The molecule has 0 saturated carbocycles. The van der Waals surface area contributed by atoms with E-state index < -0.39 is 0 Å². The summed E-state index contributed by atoms with van der Waals surface area (Å²) in [5.41, 5.74) is 2.04. The molecular weight excluding hydrogens is 313 g/mol. The first kappa shape index (κ1) is 13.6. The van der Waals surface area contributed by atoms with E-state index in [2.05, 4.69) is 45.3 Å². The Kier molecular flexibility index (Phi) is 4.40. The predicted octanol–water partition coefficient (Wildman–Crippen LogP) is 4.98. The van der Waals surface area contributed by atoms with Gasteiger partial charge in [-0.25, -0.2) is 4.39 Å². The van der Waals surface area contributed by atoms with Crippen LogP contribution in [0.15, 0.2) is 35.7 Å². The van der Waals surface area contributed by atoms with Crippen LogP contribution in [0.1, 0.15) is 23.4 Å². The van der Waals surface area contributed by atoms with E-state index in [4.69, 9.17) is 0 Å². The molecule has 2 rings (SSSR count). The lowest BCUT2D eigenvalue weighted by Gasteiger charge is -2.28. The Bertz CT molecular complexity index is 513. The van der Waals surface area contributed by atoms with Crippen LogP contribution < -0.4 is 4.90 Å². The monoisotopic (exact) mass is 327 g/mol. The maximum atomic E-state index is 13.2. The molecule has 96 valence electrons. The largest absolute Gasteiger partial charge is 0.367 e. The summed E-state index contributed by atoms with van der Waals surface area (Å²) in [6, 6.07) is 9.41. The molecule has 1 unspecified atom stereocenters. The fourth-order valence-corrected chi connectivity index (χ4v) is 3.21. The van der Waals surface area contributed by atoms with Crippen LogP contribution in [0.5, 0.6) is 0 Å². The Labute approximate surface area is 119 Å². The van der Waals surface area contributed by atoms with Crippen LogP contribution in [0.25, 0.3) is 0 Å². The zero-order chi connectivity index (χ0) is 13.1. The molecule has 1 nitrogen and oxygen atoms in total. The van der Waals surface area contributed by atoms with Gasteiger partial charge in [0.15, 0.2) is 0 Å². The first-order chi connectivity index (χ1) is 8.63. The smallest absolute Gasteiger partial charge is 0.123 e. The Hall–Kier alpha value is -0.870. The number of hydrogen-bond acceptors (Lipinski definition) is 2. The fraction of sp³-hybridized carbons (Fsp3) is 0.286. The minimum Gasteiger partial charge on any atom is -0.367 e. The van der Waals surface area contributed by atoms with Crippen LogP contribution in [0.3, 0.4) is 0 Å². The number of alkyl halides is 1. The standard InChI is InChI=1S/C14H15BrFNS/c1-10(14-4-3-7-18-14)17(2)13-6-5-12(16)8-11(13)9-15/h3-8,10H,9H2,1-2H3. The zero-order valence-electron chi connectivity index (χ0n) is 10.4. The van der Waals surface area contributed by atoms with Crippen molar-refractivity contribution in [3.05, 3.63) is 52.0 Å². The normalized spacial score (nSPS) is 12.4. The fourth-order valence-electron chi connectivity index (χ4n) is 1.93. The van der Waals surface area contributed by atoms with Gasteiger partial charge in [-0.05, 0) is 42.1 Å². The highest BCUT2D eigenvalue weighted by Crippen LogP contribution is 2.31. The molecule has 1 atom stereocenters. The molecule has 0 aliphatic rings. The predicted molar refractivity (Wildman–Crippen MR) is 80.2 cm³/mol. The van der Waals surface area contributed by atoms with Crippen molar-refractivity contribution in [2.24, 2.45) is 0 Å². The number of halogens is 2. The van der Waals surface area contributed by atoms with Gasteiger partial charge in [0.25, 0.3) is 0 Å². The minimum absolute atomic E-state index is 0.189. The van der Waals surface area contributed by atoms with Gasteiger partial charge in [0.1, 0.15) is 5.82 Å². The summed E-state index contributed by atoms with van der Waals surface area (Å²) < 4.78 is 13.2. The van der Waals surface area contributed by atoms with Gasteiger partial charge >= 0.3 is 0 Å². The molecule has 1 heterocycles. The molecule has 0 aliphatic heterocycles. The van der Waals surface area contributed by atoms with Gasteiger partial charge in [-0.3, -0.25) is 0 Å². The molecule has 2 aromatic rings. The van der Waals surface area contributed by atoms with Gasteiger partial charge in [0.05, 0.1) is 6.04 Å². The molecule has 0 bridgehead atoms. The van der Waals surface area contributed by atoms with Crippen molar-refractivity contribution in [3.63, 3.8) is 0 Å². The van der Waals surface area contributed by atoms with E-state index in [-0.39, 0.29) is 11.9 Å². The molecule has 0 saturated heterocycles. The highest BCUT2D eigenvalue weighted by molar-refractivity contribution is 9.08. The quantitative estimate of drug-likeness (QED) is 0.716. The third kappa shape index (κ3) is 2.75. The number of anilines is 1. The van der Waals surface area contributed by atoms with Crippen molar-refractivity contribution in [2.75, 3.05) is 11.9 Å². The summed E-state index contributed by atoms with van der Waals surface area (Å²) in [4.78, 5) is 3.49. The highest BCUT2D eigenvalue weighted by Gasteiger charge is 2.16. The summed E-state index contributed by atoms with van der Waals surface area (Å²) >= 11 is 5.16. The molecule has 1 aromatic heterocycles. The Balaban J connectivity index is 2.31. The first-order valence-corrected chi connectivity index (χ1v) is 7.74. The topological polar surface area (TPSA) is 3.24 Å². The van der Waals surface area contributed by atoms with Gasteiger partial charge in [-0.1, -0.05) is 22.0 Å². The summed E-state index contributed by atoms with van der Waals surface area (Å²) in [6.45, 7) is 2.16. The Morgan fingerprint density at radius 2 is 2.17 bits per heavy atom. The third-order valence-corrected chi connectivity index (χ3v) is 4.75. The molecule has 0 amide bonds.